The lowest BCUT2D eigenvalue weighted by Crippen LogP contribution is -2.58. The molecule has 2 aliphatic heterocycles. The van der Waals surface area contributed by atoms with Crippen molar-refractivity contribution in [3.05, 3.63) is 52.6 Å². The molecule has 0 radical (unpaired) electrons. The number of phenols is 3. The maximum absolute atomic E-state index is 13.6. The number of hydrogen-bond acceptors (Lipinski definition) is 7. The first kappa shape index (κ1) is 29.3. The highest BCUT2D eigenvalue weighted by Gasteiger charge is 2.70. The molecule has 2 aromatic rings. The number of rotatable bonds is 8. The van der Waals surface area contributed by atoms with Crippen molar-refractivity contribution >= 4 is 5.78 Å². The number of aromatic hydroxyl groups is 3. The summed E-state index contributed by atoms with van der Waals surface area (Å²) in [5.74, 6) is 0.457. The van der Waals surface area contributed by atoms with Crippen LogP contribution in [0, 0.1) is 17.8 Å². The standard InChI is InChI=1S/C34H44O7/c1-20(9-10-22-15-25(39-7)14-21(2)30(22)38)13-24(36)18-32(5)11-8-12-33(32,6)34-19-26(31(3,4)41-34)29-27(37)16-23(35)17-28(29)40-34/h9,14-17,26,35,37-38H,8,10-13,18-19H2,1-7H3/b20-9-/t26-,32+,33+,34-/m1/s1. The number of methoxy groups -OCH3 is 1. The summed E-state index contributed by atoms with van der Waals surface area (Å²) in [6.45, 7) is 12.2. The Labute approximate surface area is 243 Å². The normalized spacial score (nSPS) is 30.1. The number of carbonyl (C=O) groups excluding carboxylic acids is 1. The van der Waals surface area contributed by atoms with Gasteiger partial charge in [0.1, 0.15) is 34.5 Å². The van der Waals surface area contributed by atoms with E-state index in [0.717, 1.165) is 36.0 Å². The van der Waals surface area contributed by atoms with E-state index < -0.39 is 16.8 Å². The minimum atomic E-state index is -0.980. The molecule has 222 valence electrons. The van der Waals surface area contributed by atoms with E-state index in [1.807, 2.05) is 39.8 Å². The van der Waals surface area contributed by atoms with Crippen LogP contribution >= 0.6 is 0 Å². The number of ketones is 1. The molecule has 41 heavy (non-hydrogen) atoms. The largest absolute Gasteiger partial charge is 0.508 e. The molecule has 1 aliphatic carbocycles. The van der Waals surface area contributed by atoms with Crippen LogP contribution in [0.4, 0.5) is 0 Å². The van der Waals surface area contributed by atoms with Crippen LogP contribution in [-0.2, 0) is 16.0 Å². The molecule has 2 aromatic carbocycles. The Kier molecular flexibility index (Phi) is 7.13. The van der Waals surface area contributed by atoms with Crippen molar-refractivity contribution in [1.29, 1.82) is 0 Å². The van der Waals surface area contributed by atoms with Crippen molar-refractivity contribution in [2.45, 2.75) is 104 Å². The Balaban J connectivity index is 1.37. The molecule has 1 saturated heterocycles. The average Bonchev–Trinajstić information content (AvgIpc) is 3.29. The van der Waals surface area contributed by atoms with Crippen molar-refractivity contribution in [3.63, 3.8) is 0 Å². The fourth-order valence-electron chi connectivity index (χ4n) is 7.82. The number of allylic oxidation sites excluding steroid dienone is 2. The number of phenolic OH excluding ortho intramolecular Hbond substituents is 3. The van der Waals surface area contributed by atoms with Gasteiger partial charge in [-0.15, -0.1) is 0 Å². The summed E-state index contributed by atoms with van der Waals surface area (Å²) in [5.41, 5.74) is 1.73. The molecule has 7 nitrogen and oxygen atoms in total. The van der Waals surface area contributed by atoms with E-state index in [9.17, 15) is 20.1 Å². The van der Waals surface area contributed by atoms with Gasteiger partial charge in [-0.05, 0) is 70.1 Å². The first-order valence-corrected chi connectivity index (χ1v) is 14.6. The molecule has 7 heteroatoms. The summed E-state index contributed by atoms with van der Waals surface area (Å²) in [5, 5.41) is 31.4. The third kappa shape index (κ3) is 4.76. The fraction of sp³-hybridized carbons (Fsp3) is 0.559. The predicted molar refractivity (Wildman–Crippen MR) is 157 cm³/mol. The van der Waals surface area contributed by atoms with Crippen LogP contribution in [0.25, 0.3) is 0 Å². The number of aryl methyl sites for hydroxylation is 1. The van der Waals surface area contributed by atoms with Crippen molar-refractivity contribution in [2.75, 3.05) is 7.11 Å². The third-order valence-electron chi connectivity index (χ3n) is 10.4. The second-order valence-corrected chi connectivity index (χ2v) is 13.5. The van der Waals surface area contributed by atoms with Crippen molar-refractivity contribution < 1.29 is 34.3 Å². The SMILES string of the molecule is COc1cc(C)c(O)c(C/C=C(/C)CC(=O)C[C@]2(C)CCC[C@]2(C)[C@]23C[C@H](c4c(O)cc(O)cc4O2)C(C)(C)O3)c1. The lowest BCUT2D eigenvalue weighted by atomic mass is 9.59. The van der Waals surface area contributed by atoms with E-state index in [2.05, 4.69) is 13.8 Å². The van der Waals surface area contributed by atoms with Gasteiger partial charge in [-0.2, -0.15) is 0 Å². The zero-order valence-electron chi connectivity index (χ0n) is 25.4. The van der Waals surface area contributed by atoms with Crippen LogP contribution < -0.4 is 9.47 Å². The Morgan fingerprint density at radius 3 is 2.54 bits per heavy atom. The van der Waals surface area contributed by atoms with Gasteiger partial charge in [0.2, 0.25) is 5.79 Å². The van der Waals surface area contributed by atoms with Crippen LogP contribution in [0.3, 0.4) is 0 Å². The molecule has 5 rings (SSSR count). The second kappa shape index (κ2) is 9.97. The van der Waals surface area contributed by atoms with E-state index in [-0.39, 0.29) is 34.4 Å². The van der Waals surface area contributed by atoms with Gasteiger partial charge in [0.25, 0.3) is 0 Å². The van der Waals surface area contributed by atoms with E-state index in [0.29, 0.717) is 42.7 Å². The van der Waals surface area contributed by atoms with Gasteiger partial charge in [-0.25, -0.2) is 0 Å². The lowest BCUT2D eigenvalue weighted by molar-refractivity contribution is -0.279. The number of fused-ring (bicyclic) bond motifs is 4. The minimum absolute atomic E-state index is 0.0198. The van der Waals surface area contributed by atoms with E-state index in [1.165, 1.54) is 6.07 Å². The smallest absolute Gasteiger partial charge is 0.217 e. The van der Waals surface area contributed by atoms with Gasteiger partial charge in [0.05, 0.1) is 12.7 Å². The summed E-state index contributed by atoms with van der Waals surface area (Å²) >= 11 is 0. The highest BCUT2D eigenvalue weighted by Crippen LogP contribution is 2.70. The third-order valence-corrected chi connectivity index (χ3v) is 10.4. The van der Waals surface area contributed by atoms with Crippen LogP contribution in [0.15, 0.2) is 35.9 Å². The van der Waals surface area contributed by atoms with Gasteiger partial charge >= 0.3 is 0 Å². The fourth-order valence-corrected chi connectivity index (χ4v) is 7.82. The first-order chi connectivity index (χ1) is 19.1. The number of ether oxygens (including phenoxy) is 3. The monoisotopic (exact) mass is 564 g/mol. The maximum Gasteiger partial charge on any atom is 0.217 e. The molecule has 0 aromatic heterocycles. The molecule has 2 heterocycles. The maximum atomic E-state index is 13.6. The highest BCUT2D eigenvalue weighted by molar-refractivity contribution is 5.81. The van der Waals surface area contributed by atoms with Crippen LogP contribution in [0.2, 0.25) is 0 Å². The van der Waals surface area contributed by atoms with Gasteiger partial charge in [-0.3, -0.25) is 4.79 Å². The zero-order chi connectivity index (χ0) is 30.0. The number of benzene rings is 2. The molecule has 1 saturated carbocycles. The van der Waals surface area contributed by atoms with Crippen molar-refractivity contribution in [2.24, 2.45) is 10.8 Å². The molecule has 3 N–H and O–H groups in total. The Hall–Kier alpha value is -3.19. The summed E-state index contributed by atoms with van der Waals surface area (Å²) in [4.78, 5) is 13.6. The van der Waals surface area contributed by atoms with Gasteiger partial charge < -0.3 is 29.5 Å². The van der Waals surface area contributed by atoms with E-state index in [4.69, 9.17) is 14.2 Å². The number of Topliss-reactive ketones (excluding diaryl/α,β-unsaturated/α-hetero) is 1. The molecular weight excluding hydrogens is 520 g/mol. The highest BCUT2D eigenvalue weighted by atomic mass is 16.7. The van der Waals surface area contributed by atoms with E-state index >= 15 is 0 Å². The zero-order valence-corrected chi connectivity index (χ0v) is 25.4. The summed E-state index contributed by atoms with van der Waals surface area (Å²) in [6, 6.07) is 6.55. The molecule has 0 amide bonds. The average molecular weight is 565 g/mol. The molecule has 2 fully saturated rings. The van der Waals surface area contributed by atoms with Crippen molar-refractivity contribution in [1.82, 2.24) is 0 Å². The molecule has 0 spiro atoms. The van der Waals surface area contributed by atoms with Gasteiger partial charge in [-0.1, -0.05) is 31.9 Å². The first-order valence-electron chi connectivity index (χ1n) is 14.6. The lowest BCUT2D eigenvalue weighted by Gasteiger charge is -2.53. The minimum Gasteiger partial charge on any atom is -0.508 e. The van der Waals surface area contributed by atoms with Crippen molar-refractivity contribution in [3.8, 4) is 28.7 Å². The molecule has 4 atom stereocenters. The van der Waals surface area contributed by atoms with Crippen LogP contribution in [0.1, 0.15) is 95.8 Å². The number of carbonyl (C=O) groups is 1. The summed E-state index contributed by atoms with van der Waals surface area (Å²) in [6.07, 6.45) is 6.52. The Bertz CT molecular complexity index is 1410. The van der Waals surface area contributed by atoms with Crippen LogP contribution in [-0.4, -0.2) is 39.6 Å². The predicted octanol–water partition coefficient (Wildman–Crippen LogP) is 7.23. The summed E-state index contributed by atoms with van der Waals surface area (Å²) < 4.78 is 18.9. The van der Waals surface area contributed by atoms with Gasteiger partial charge in [0, 0.05) is 53.9 Å². The van der Waals surface area contributed by atoms with Crippen LogP contribution in [0.5, 0.6) is 28.7 Å². The van der Waals surface area contributed by atoms with Gasteiger partial charge in [0.15, 0.2) is 0 Å². The molecular formula is C34H44O7. The Morgan fingerprint density at radius 2 is 1.83 bits per heavy atom. The second-order valence-electron chi connectivity index (χ2n) is 13.5. The quantitative estimate of drug-likeness (QED) is 0.291. The molecule has 0 unspecified atom stereocenters. The molecule has 2 bridgehead atoms. The van der Waals surface area contributed by atoms with E-state index in [1.54, 1.807) is 19.2 Å². The summed E-state index contributed by atoms with van der Waals surface area (Å²) in [7, 11) is 1.61. The topological polar surface area (TPSA) is 105 Å². The molecule has 3 aliphatic rings. The Morgan fingerprint density at radius 1 is 1.10 bits per heavy atom. The number of hydrogen-bond donors (Lipinski definition) is 3.